The fourth-order valence-corrected chi connectivity index (χ4v) is 5.03. The van der Waals surface area contributed by atoms with Crippen LogP contribution in [0.3, 0.4) is 0 Å². The molecule has 4 aromatic rings. The molecule has 1 unspecified atom stereocenters. The van der Waals surface area contributed by atoms with Crippen LogP contribution in [-0.4, -0.2) is 18.5 Å². The van der Waals surface area contributed by atoms with Gasteiger partial charge in [0.25, 0.3) is 5.91 Å². The number of hydrogen-bond acceptors (Lipinski definition) is 5. The van der Waals surface area contributed by atoms with E-state index in [1.165, 1.54) is 4.90 Å². The molecule has 37 heavy (non-hydrogen) atoms. The Kier molecular flexibility index (Phi) is 7.12. The van der Waals surface area contributed by atoms with Crippen molar-refractivity contribution in [1.29, 1.82) is 0 Å². The van der Waals surface area contributed by atoms with Crippen LogP contribution in [0, 0.1) is 0 Å². The lowest BCUT2D eigenvalue weighted by Gasteiger charge is -2.25. The first-order chi connectivity index (χ1) is 17.8. The van der Waals surface area contributed by atoms with E-state index in [2.05, 4.69) is 15.9 Å². The summed E-state index contributed by atoms with van der Waals surface area (Å²) in [5.74, 6) is -0.962. The lowest BCUT2D eigenvalue weighted by Crippen LogP contribution is -2.29. The molecule has 5 rings (SSSR count). The maximum Gasteiger partial charge on any atom is 0.338 e. The van der Waals surface area contributed by atoms with E-state index in [4.69, 9.17) is 32.4 Å². The largest absolute Gasteiger partial charge is 0.462 e. The molecule has 9 heteroatoms. The van der Waals surface area contributed by atoms with Crippen LogP contribution < -0.4 is 10.3 Å². The Morgan fingerprint density at radius 2 is 1.78 bits per heavy atom. The quantitative estimate of drug-likeness (QED) is 0.168. The van der Waals surface area contributed by atoms with Crippen molar-refractivity contribution in [3.8, 4) is 0 Å². The summed E-state index contributed by atoms with van der Waals surface area (Å²) in [5, 5.41) is 0.984. The lowest BCUT2D eigenvalue weighted by atomic mass is 9.98. The Morgan fingerprint density at radius 3 is 2.49 bits per heavy atom. The number of fused-ring (bicyclic) bond motifs is 2. The van der Waals surface area contributed by atoms with Crippen LogP contribution in [0.2, 0.25) is 10.0 Å². The van der Waals surface area contributed by atoms with Crippen LogP contribution >= 0.6 is 39.1 Å². The van der Waals surface area contributed by atoms with Crippen LogP contribution in [0.1, 0.15) is 57.8 Å². The molecular formula is C28H20BrCl2NO5. The Hall–Kier alpha value is -3.13. The molecule has 1 aliphatic rings. The van der Waals surface area contributed by atoms with Crippen molar-refractivity contribution in [2.45, 2.75) is 25.8 Å². The van der Waals surface area contributed by atoms with Gasteiger partial charge in [-0.15, -0.1) is 0 Å². The normalized spacial score (nSPS) is 14.8. The monoisotopic (exact) mass is 599 g/mol. The number of esters is 1. The molecule has 0 saturated heterocycles. The molecular weight excluding hydrogens is 581 g/mol. The average molecular weight is 601 g/mol. The molecule has 1 amide bonds. The highest BCUT2D eigenvalue weighted by Gasteiger charge is 2.43. The molecule has 0 spiro atoms. The zero-order valence-electron chi connectivity index (χ0n) is 19.6. The van der Waals surface area contributed by atoms with E-state index in [9.17, 15) is 14.4 Å². The minimum absolute atomic E-state index is 0.0426. The van der Waals surface area contributed by atoms with E-state index in [-0.39, 0.29) is 21.8 Å². The Bertz CT molecular complexity index is 1600. The Labute approximate surface area is 230 Å². The van der Waals surface area contributed by atoms with Gasteiger partial charge in [0.2, 0.25) is 5.76 Å². The third kappa shape index (κ3) is 4.67. The zero-order valence-corrected chi connectivity index (χ0v) is 22.7. The molecule has 0 N–H and O–H groups in total. The Morgan fingerprint density at radius 1 is 1.03 bits per heavy atom. The van der Waals surface area contributed by atoms with E-state index in [0.717, 1.165) is 12.8 Å². The van der Waals surface area contributed by atoms with Crippen molar-refractivity contribution >= 4 is 67.7 Å². The standard InChI is InChI=1S/C28H20BrCl2NO5/c1-2-3-12-36-28(35)15-4-8-18(9-5-15)32-24(16-6-10-20(30)21(31)13-16)23-25(33)19-14-17(29)7-11-22(19)37-26(23)27(32)34/h4-11,13-14,24H,2-3,12H2,1H3. The number of ether oxygens (including phenoxy) is 1. The summed E-state index contributed by atoms with van der Waals surface area (Å²) < 4.78 is 12.0. The summed E-state index contributed by atoms with van der Waals surface area (Å²) in [6.45, 7) is 2.35. The van der Waals surface area contributed by atoms with Gasteiger partial charge in [0, 0.05) is 10.2 Å². The van der Waals surface area contributed by atoms with Gasteiger partial charge in [0.1, 0.15) is 5.58 Å². The molecule has 1 aliphatic heterocycles. The third-order valence-corrected chi connectivity index (χ3v) is 7.44. The van der Waals surface area contributed by atoms with Gasteiger partial charge in [0.15, 0.2) is 5.43 Å². The number of unbranched alkanes of at least 4 members (excludes halogenated alkanes) is 1. The van der Waals surface area contributed by atoms with Gasteiger partial charge in [-0.1, -0.05) is 58.5 Å². The fraction of sp³-hybridized carbons (Fsp3) is 0.179. The van der Waals surface area contributed by atoms with Crippen LogP contribution in [-0.2, 0) is 4.74 Å². The number of amides is 1. The summed E-state index contributed by atoms with van der Waals surface area (Å²) >= 11 is 15.9. The van der Waals surface area contributed by atoms with Crippen LogP contribution in [0.5, 0.6) is 0 Å². The minimum atomic E-state index is -0.820. The molecule has 0 bridgehead atoms. The fourth-order valence-electron chi connectivity index (χ4n) is 4.36. The Balaban J connectivity index is 1.64. The highest BCUT2D eigenvalue weighted by Crippen LogP contribution is 2.42. The number of carbonyl (C=O) groups is 2. The third-order valence-electron chi connectivity index (χ3n) is 6.20. The number of nitrogens with zero attached hydrogens (tertiary/aromatic N) is 1. The van der Waals surface area contributed by atoms with Crippen LogP contribution in [0.25, 0.3) is 11.0 Å². The van der Waals surface area contributed by atoms with E-state index in [0.29, 0.717) is 43.9 Å². The van der Waals surface area contributed by atoms with Crippen molar-refractivity contribution < 1.29 is 18.7 Å². The molecule has 1 atom stereocenters. The maximum absolute atomic E-state index is 13.7. The number of carbonyl (C=O) groups excluding carboxylic acids is 2. The summed E-state index contributed by atoms with van der Waals surface area (Å²) in [6.07, 6.45) is 1.69. The predicted octanol–water partition coefficient (Wildman–Crippen LogP) is 7.57. The van der Waals surface area contributed by atoms with E-state index < -0.39 is 17.9 Å². The van der Waals surface area contributed by atoms with Crippen molar-refractivity contribution in [2.24, 2.45) is 0 Å². The molecule has 0 aliphatic carbocycles. The number of rotatable bonds is 6. The van der Waals surface area contributed by atoms with Gasteiger partial charge < -0.3 is 9.15 Å². The molecule has 1 aromatic heterocycles. The molecule has 2 heterocycles. The zero-order chi connectivity index (χ0) is 26.3. The van der Waals surface area contributed by atoms with Gasteiger partial charge in [-0.05, 0) is 66.6 Å². The van der Waals surface area contributed by atoms with E-state index in [1.54, 1.807) is 60.7 Å². The number of halogens is 3. The summed E-state index contributed by atoms with van der Waals surface area (Å²) in [4.78, 5) is 41.3. The van der Waals surface area contributed by atoms with Crippen molar-refractivity contribution in [2.75, 3.05) is 11.5 Å². The van der Waals surface area contributed by atoms with Gasteiger partial charge >= 0.3 is 5.97 Å². The van der Waals surface area contributed by atoms with Crippen LogP contribution in [0.4, 0.5) is 5.69 Å². The molecule has 3 aromatic carbocycles. The second kappa shape index (κ2) is 10.3. The van der Waals surface area contributed by atoms with Crippen LogP contribution in [0.15, 0.2) is 74.3 Å². The number of hydrogen-bond donors (Lipinski definition) is 0. The second-order valence-electron chi connectivity index (χ2n) is 8.60. The van der Waals surface area contributed by atoms with Gasteiger partial charge in [-0.2, -0.15) is 0 Å². The number of anilines is 1. The highest BCUT2D eigenvalue weighted by molar-refractivity contribution is 9.10. The topological polar surface area (TPSA) is 76.8 Å². The van der Waals surface area contributed by atoms with E-state index in [1.807, 2.05) is 6.92 Å². The molecule has 0 radical (unpaired) electrons. The van der Waals surface area contributed by atoms with Gasteiger partial charge in [0.05, 0.1) is 39.2 Å². The van der Waals surface area contributed by atoms with Gasteiger partial charge in [-0.25, -0.2) is 4.79 Å². The van der Waals surface area contributed by atoms with Crippen molar-refractivity contribution in [1.82, 2.24) is 0 Å². The van der Waals surface area contributed by atoms with E-state index >= 15 is 0 Å². The first-order valence-electron chi connectivity index (χ1n) is 11.6. The van der Waals surface area contributed by atoms with Gasteiger partial charge in [-0.3, -0.25) is 14.5 Å². The first kappa shape index (κ1) is 25.5. The van der Waals surface area contributed by atoms with Crippen molar-refractivity contribution in [3.05, 3.63) is 108 Å². The first-order valence-corrected chi connectivity index (χ1v) is 13.2. The smallest absolute Gasteiger partial charge is 0.338 e. The molecule has 0 saturated carbocycles. The SMILES string of the molecule is CCCCOC(=O)c1ccc(N2C(=O)c3oc4ccc(Br)cc4c(=O)c3C2c2ccc(Cl)c(Cl)c2)cc1. The lowest BCUT2D eigenvalue weighted by molar-refractivity contribution is 0.0499. The molecule has 0 fully saturated rings. The maximum atomic E-state index is 13.7. The summed E-state index contributed by atoms with van der Waals surface area (Å²) in [5.41, 5.74) is 1.62. The molecule has 6 nitrogen and oxygen atoms in total. The minimum Gasteiger partial charge on any atom is -0.462 e. The predicted molar refractivity (Wildman–Crippen MR) is 147 cm³/mol. The molecule has 188 valence electrons. The second-order valence-corrected chi connectivity index (χ2v) is 10.3. The van der Waals surface area contributed by atoms with Crippen molar-refractivity contribution in [3.63, 3.8) is 0 Å². The highest BCUT2D eigenvalue weighted by atomic mass is 79.9. The number of benzene rings is 3. The summed E-state index contributed by atoms with van der Waals surface area (Å²) in [6, 6.07) is 15.7. The average Bonchev–Trinajstić information content (AvgIpc) is 3.18. The summed E-state index contributed by atoms with van der Waals surface area (Å²) in [7, 11) is 0.